The zero-order valence-corrected chi connectivity index (χ0v) is 11.8. The monoisotopic (exact) mass is 276 g/mol. The maximum Gasteiger partial charge on any atom is 0.132 e. The maximum atomic E-state index is 6.27. The first-order valence-electron chi connectivity index (χ1n) is 5.83. The predicted molar refractivity (Wildman–Crippen MR) is 78.0 cm³/mol. The Morgan fingerprint density at radius 2 is 2.17 bits per heavy atom. The van der Waals surface area contributed by atoms with E-state index in [1.54, 1.807) is 11.3 Å². The molecule has 0 radical (unpaired) electrons. The van der Waals surface area contributed by atoms with Gasteiger partial charge in [0.15, 0.2) is 0 Å². The van der Waals surface area contributed by atoms with Crippen molar-refractivity contribution in [3.8, 4) is 5.69 Å². The zero-order chi connectivity index (χ0) is 12.7. The van der Waals surface area contributed by atoms with Gasteiger partial charge in [-0.3, -0.25) is 4.57 Å². The highest BCUT2D eigenvalue weighted by atomic mass is 35.5. The van der Waals surface area contributed by atoms with E-state index in [0.717, 1.165) is 22.5 Å². The smallest absolute Gasteiger partial charge is 0.132 e. The highest BCUT2D eigenvalue weighted by Gasteiger charge is 2.17. The lowest BCUT2D eigenvalue weighted by atomic mass is 10.2. The summed E-state index contributed by atoms with van der Waals surface area (Å²) in [6, 6.07) is 8.27. The van der Waals surface area contributed by atoms with Crippen molar-refractivity contribution in [1.29, 1.82) is 0 Å². The largest absolute Gasteiger partial charge is 0.294 e. The van der Waals surface area contributed by atoms with Crippen molar-refractivity contribution in [2.24, 2.45) is 0 Å². The maximum absolute atomic E-state index is 6.27. The van der Waals surface area contributed by atoms with Crippen molar-refractivity contribution in [2.45, 2.75) is 19.2 Å². The molecule has 0 saturated heterocycles. The molecule has 2 aromatic heterocycles. The van der Waals surface area contributed by atoms with Crippen LogP contribution in [-0.2, 0) is 0 Å². The third-order valence-electron chi connectivity index (χ3n) is 3.02. The zero-order valence-electron chi connectivity index (χ0n) is 10.2. The number of hydrogen-bond donors (Lipinski definition) is 0. The van der Waals surface area contributed by atoms with E-state index in [1.165, 1.54) is 5.56 Å². The van der Waals surface area contributed by atoms with E-state index < -0.39 is 0 Å². The van der Waals surface area contributed by atoms with Crippen LogP contribution < -0.4 is 0 Å². The van der Waals surface area contributed by atoms with Gasteiger partial charge in [0.1, 0.15) is 5.82 Å². The molecule has 1 atom stereocenters. The van der Waals surface area contributed by atoms with Gasteiger partial charge in [0.25, 0.3) is 0 Å². The van der Waals surface area contributed by atoms with Gasteiger partial charge in [-0.25, -0.2) is 4.98 Å². The molecule has 0 fully saturated rings. The van der Waals surface area contributed by atoms with Crippen LogP contribution in [0.4, 0.5) is 0 Å². The first-order valence-corrected chi connectivity index (χ1v) is 7.21. The molecule has 2 heterocycles. The summed E-state index contributed by atoms with van der Waals surface area (Å²) in [6.07, 6.45) is 0. The van der Waals surface area contributed by atoms with Crippen molar-refractivity contribution < 1.29 is 0 Å². The Kier molecular flexibility index (Phi) is 2.88. The quantitative estimate of drug-likeness (QED) is 0.621. The summed E-state index contributed by atoms with van der Waals surface area (Å²) < 4.78 is 2.17. The average molecular weight is 277 g/mol. The Bertz CT molecular complexity index is 683. The van der Waals surface area contributed by atoms with Crippen molar-refractivity contribution in [1.82, 2.24) is 9.55 Å². The fourth-order valence-electron chi connectivity index (χ4n) is 2.23. The van der Waals surface area contributed by atoms with Crippen molar-refractivity contribution >= 4 is 34.0 Å². The van der Waals surface area contributed by atoms with E-state index in [1.807, 2.05) is 19.1 Å². The molecule has 0 amide bonds. The summed E-state index contributed by atoms with van der Waals surface area (Å²) in [6.45, 7) is 4.07. The first kappa shape index (κ1) is 11.8. The molecular weight excluding hydrogens is 264 g/mol. The third-order valence-corrected chi connectivity index (χ3v) is 3.89. The van der Waals surface area contributed by atoms with E-state index in [-0.39, 0.29) is 5.38 Å². The fourth-order valence-corrected chi connectivity index (χ4v) is 2.99. The van der Waals surface area contributed by atoms with Gasteiger partial charge in [-0.05, 0) is 36.9 Å². The lowest BCUT2D eigenvalue weighted by molar-refractivity contribution is 0.883. The van der Waals surface area contributed by atoms with Crippen LogP contribution in [0, 0.1) is 6.92 Å². The summed E-state index contributed by atoms with van der Waals surface area (Å²) >= 11 is 7.95. The second kappa shape index (κ2) is 4.41. The minimum absolute atomic E-state index is 0.114. The molecule has 3 rings (SSSR count). The molecule has 4 heteroatoms. The van der Waals surface area contributed by atoms with Crippen LogP contribution in [0.5, 0.6) is 0 Å². The van der Waals surface area contributed by atoms with Gasteiger partial charge in [0.2, 0.25) is 0 Å². The van der Waals surface area contributed by atoms with Gasteiger partial charge >= 0.3 is 0 Å². The number of halogens is 1. The lowest BCUT2D eigenvalue weighted by Crippen LogP contribution is -2.01. The van der Waals surface area contributed by atoms with Crippen LogP contribution in [0.3, 0.4) is 0 Å². The van der Waals surface area contributed by atoms with Crippen LogP contribution in [0.25, 0.3) is 16.7 Å². The minimum Gasteiger partial charge on any atom is -0.294 e. The number of thiophene rings is 1. The van der Waals surface area contributed by atoms with Crippen LogP contribution in [0.1, 0.15) is 23.7 Å². The average Bonchev–Trinajstić information content (AvgIpc) is 2.95. The number of aryl methyl sites for hydroxylation is 1. The number of para-hydroxylation sites is 1. The molecule has 0 aliphatic rings. The second-order valence-corrected chi connectivity index (χ2v) is 5.78. The molecule has 18 heavy (non-hydrogen) atoms. The summed E-state index contributed by atoms with van der Waals surface area (Å²) in [5.41, 5.74) is 4.51. The standard InChI is InChI=1S/C14H13ClN2S/c1-9-4-3-5-12-13(9)17(11-6-7-18-8-11)14(16-12)10(2)15/h3-8,10H,1-2H3. The Labute approximate surface area is 115 Å². The summed E-state index contributed by atoms with van der Waals surface area (Å²) in [4.78, 5) is 4.66. The molecule has 92 valence electrons. The molecule has 0 saturated carbocycles. The summed E-state index contributed by atoms with van der Waals surface area (Å²) in [5.74, 6) is 0.902. The predicted octanol–water partition coefficient (Wildman–Crippen LogP) is 4.70. The van der Waals surface area contributed by atoms with Crippen LogP contribution in [0.15, 0.2) is 35.0 Å². The molecule has 0 aliphatic carbocycles. The summed E-state index contributed by atoms with van der Waals surface area (Å²) in [5, 5.41) is 4.08. The van der Waals surface area contributed by atoms with Gasteiger partial charge in [-0.2, -0.15) is 11.3 Å². The van der Waals surface area contributed by atoms with Gasteiger partial charge < -0.3 is 0 Å². The van der Waals surface area contributed by atoms with Crippen molar-refractivity contribution in [3.63, 3.8) is 0 Å². The molecular formula is C14H13ClN2S. The molecule has 0 N–H and O–H groups in total. The Morgan fingerprint density at radius 1 is 1.33 bits per heavy atom. The van der Waals surface area contributed by atoms with E-state index >= 15 is 0 Å². The number of benzene rings is 1. The van der Waals surface area contributed by atoms with E-state index in [9.17, 15) is 0 Å². The number of imidazole rings is 1. The molecule has 0 aliphatic heterocycles. The van der Waals surface area contributed by atoms with E-state index in [0.29, 0.717) is 0 Å². The number of nitrogens with zero attached hydrogens (tertiary/aromatic N) is 2. The third kappa shape index (κ3) is 1.74. The molecule has 0 bridgehead atoms. The molecule has 1 unspecified atom stereocenters. The number of fused-ring (bicyclic) bond motifs is 1. The minimum atomic E-state index is -0.114. The van der Waals surface area contributed by atoms with Gasteiger partial charge in [-0.15, -0.1) is 11.6 Å². The van der Waals surface area contributed by atoms with Crippen LogP contribution in [-0.4, -0.2) is 9.55 Å². The summed E-state index contributed by atoms with van der Waals surface area (Å²) in [7, 11) is 0. The van der Waals surface area contributed by atoms with Crippen LogP contribution >= 0.6 is 22.9 Å². The molecule has 3 aromatic rings. The van der Waals surface area contributed by atoms with E-state index in [4.69, 9.17) is 11.6 Å². The van der Waals surface area contributed by atoms with Gasteiger partial charge in [0.05, 0.1) is 22.1 Å². The SMILES string of the molecule is Cc1cccc2nc(C(C)Cl)n(-c3ccsc3)c12. The highest BCUT2D eigenvalue weighted by Crippen LogP contribution is 2.30. The van der Waals surface area contributed by atoms with Crippen LogP contribution in [0.2, 0.25) is 0 Å². The van der Waals surface area contributed by atoms with Gasteiger partial charge in [-0.1, -0.05) is 12.1 Å². The first-order chi connectivity index (χ1) is 8.68. The normalized spacial score (nSPS) is 13.1. The Balaban J connectivity index is 2.42. The molecule has 0 spiro atoms. The number of alkyl halides is 1. The highest BCUT2D eigenvalue weighted by molar-refractivity contribution is 7.08. The molecule has 1 aromatic carbocycles. The molecule has 2 nitrogen and oxygen atoms in total. The topological polar surface area (TPSA) is 17.8 Å². The number of hydrogen-bond acceptors (Lipinski definition) is 2. The lowest BCUT2D eigenvalue weighted by Gasteiger charge is -2.09. The Hall–Kier alpha value is -1.32. The number of rotatable bonds is 2. The van der Waals surface area contributed by atoms with Crippen molar-refractivity contribution in [3.05, 3.63) is 46.4 Å². The van der Waals surface area contributed by atoms with Crippen molar-refractivity contribution in [2.75, 3.05) is 0 Å². The van der Waals surface area contributed by atoms with Gasteiger partial charge in [0, 0.05) is 5.38 Å². The Morgan fingerprint density at radius 3 is 2.83 bits per heavy atom. The van der Waals surface area contributed by atoms with E-state index in [2.05, 4.69) is 39.4 Å². The number of aromatic nitrogens is 2. The fraction of sp³-hybridized carbons (Fsp3) is 0.214. The second-order valence-electron chi connectivity index (χ2n) is 4.35.